The number of aromatic hydroxyl groups is 1. The van der Waals surface area contributed by atoms with Crippen LogP contribution in [-0.4, -0.2) is 10.1 Å². The van der Waals surface area contributed by atoms with E-state index in [0.29, 0.717) is 6.54 Å². The minimum absolute atomic E-state index is 0.177. The third-order valence-electron chi connectivity index (χ3n) is 2.44. The Morgan fingerprint density at radius 2 is 1.89 bits per heavy atom. The van der Waals surface area contributed by atoms with Crippen LogP contribution >= 0.6 is 31.9 Å². The van der Waals surface area contributed by atoms with Crippen LogP contribution in [0.15, 0.2) is 39.4 Å². The number of hydrogen-bond acceptors (Lipinski definition) is 3. The summed E-state index contributed by atoms with van der Waals surface area (Å²) < 4.78 is 2.02. The quantitative estimate of drug-likeness (QED) is 0.848. The van der Waals surface area contributed by atoms with Crippen LogP contribution in [0.1, 0.15) is 11.3 Å². The van der Waals surface area contributed by atoms with Gasteiger partial charge in [0.2, 0.25) is 0 Å². The summed E-state index contributed by atoms with van der Waals surface area (Å²) in [7, 11) is 0. The topological polar surface area (TPSA) is 45.1 Å². The van der Waals surface area contributed by atoms with Gasteiger partial charge in [-0.2, -0.15) is 0 Å². The molecule has 0 aliphatic rings. The predicted molar refractivity (Wildman–Crippen MR) is 79.8 cm³/mol. The zero-order valence-corrected chi connectivity index (χ0v) is 12.9. The molecule has 5 heteroatoms. The second-order valence-corrected chi connectivity index (χ2v) is 5.67. The molecule has 0 radical (unpaired) electrons. The van der Waals surface area contributed by atoms with Crippen molar-refractivity contribution in [3.63, 3.8) is 0 Å². The lowest BCUT2D eigenvalue weighted by Gasteiger charge is -2.11. The molecular weight excluding hydrogens is 360 g/mol. The van der Waals surface area contributed by atoms with Gasteiger partial charge in [0.1, 0.15) is 5.75 Å². The van der Waals surface area contributed by atoms with Crippen molar-refractivity contribution < 1.29 is 5.11 Å². The number of anilines is 1. The SMILES string of the molecule is Cc1cc(Br)c(NCc2ccc(O)cn2)c(Br)c1. The maximum absolute atomic E-state index is 9.16. The number of aryl methyl sites for hydroxylation is 1. The number of nitrogens with one attached hydrogen (secondary N) is 1. The number of hydrogen-bond donors (Lipinski definition) is 2. The minimum atomic E-state index is 0.177. The summed E-state index contributed by atoms with van der Waals surface area (Å²) >= 11 is 7.06. The first-order valence-electron chi connectivity index (χ1n) is 5.39. The summed E-state index contributed by atoms with van der Waals surface area (Å²) in [5.41, 5.74) is 3.05. The largest absolute Gasteiger partial charge is 0.506 e. The first-order chi connectivity index (χ1) is 8.56. The Kier molecular flexibility index (Phi) is 4.24. The highest BCUT2D eigenvalue weighted by molar-refractivity contribution is 9.11. The average molecular weight is 372 g/mol. The smallest absolute Gasteiger partial charge is 0.133 e. The fourth-order valence-corrected chi connectivity index (χ4v) is 3.26. The van der Waals surface area contributed by atoms with Crippen LogP contribution in [0, 0.1) is 6.92 Å². The summed E-state index contributed by atoms with van der Waals surface area (Å²) in [5, 5.41) is 12.5. The molecule has 0 bridgehead atoms. The minimum Gasteiger partial charge on any atom is -0.506 e. The normalized spacial score (nSPS) is 10.4. The molecule has 3 nitrogen and oxygen atoms in total. The third-order valence-corrected chi connectivity index (χ3v) is 3.69. The molecule has 0 aliphatic carbocycles. The maximum atomic E-state index is 9.16. The average Bonchev–Trinajstić information content (AvgIpc) is 2.30. The van der Waals surface area contributed by atoms with Gasteiger partial charge in [0.25, 0.3) is 0 Å². The second-order valence-electron chi connectivity index (χ2n) is 3.96. The van der Waals surface area contributed by atoms with E-state index in [1.807, 2.05) is 6.92 Å². The third kappa shape index (κ3) is 3.23. The van der Waals surface area contributed by atoms with Crippen LogP contribution < -0.4 is 5.32 Å². The standard InChI is InChI=1S/C13H12Br2N2O/c1-8-4-11(14)13(12(15)5-8)17-6-9-2-3-10(18)7-16-9/h2-5,7,17-18H,6H2,1H3. The molecule has 2 aromatic rings. The first kappa shape index (κ1) is 13.4. The molecule has 18 heavy (non-hydrogen) atoms. The lowest BCUT2D eigenvalue weighted by atomic mass is 10.2. The van der Waals surface area contributed by atoms with Gasteiger partial charge in [-0.1, -0.05) is 0 Å². The van der Waals surface area contributed by atoms with Crippen molar-refractivity contribution in [2.24, 2.45) is 0 Å². The van der Waals surface area contributed by atoms with Crippen LogP contribution in [0.4, 0.5) is 5.69 Å². The van der Waals surface area contributed by atoms with Crippen LogP contribution in [0.25, 0.3) is 0 Å². The number of nitrogens with zero attached hydrogens (tertiary/aromatic N) is 1. The van der Waals surface area contributed by atoms with E-state index in [0.717, 1.165) is 20.3 Å². The Bertz CT molecular complexity index is 532. The molecular formula is C13H12Br2N2O. The Morgan fingerprint density at radius 1 is 1.22 bits per heavy atom. The van der Waals surface area contributed by atoms with Crippen molar-refractivity contribution in [2.45, 2.75) is 13.5 Å². The van der Waals surface area contributed by atoms with Gasteiger partial charge in [0.15, 0.2) is 0 Å². The molecule has 0 spiro atoms. The lowest BCUT2D eigenvalue weighted by molar-refractivity contribution is 0.472. The molecule has 94 valence electrons. The number of benzene rings is 1. The molecule has 0 unspecified atom stereocenters. The van der Waals surface area contributed by atoms with E-state index >= 15 is 0 Å². The van der Waals surface area contributed by atoms with Gasteiger partial charge in [-0.05, 0) is 68.6 Å². The van der Waals surface area contributed by atoms with Gasteiger partial charge in [0, 0.05) is 8.95 Å². The van der Waals surface area contributed by atoms with Crippen LogP contribution in [0.5, 0.6) is 5.75 Å². The molecule has 0 fully saturated rings. The molecule has 0 saturated heterocycles. The molecule has 2 N–H and O–H groups in total. The highest BCUT2D eigenvalue weighted by atomic mass is 79.9. The van der Waals surface area contributed by atoms with E-state index in [1.165, 1.54) is 11.8 Å². The first-order valence-corrected chi connectivity index (χ1v) is 6.98. The summed E-state index contributed by atoms with van der Waals surface area (Å²) in [5.74, 6) is 0.177. The van der Waals surface area contributed by atoms with E-state index in [9.17, 15) is 0 Å². The molecule has 1 heterocycles. The van der Waals surface area contributed by atoms with E-state index < -0.39 is 0 Å². The molecule has 2 rings (SSSR count). The van der Waals surface area contributed by atoms with Crippen molar-refractivity contribution in [1.82, 2.24) is 4.98 Å². The Labute approximate surface area is 123 Å². The van der Waals surface area contributed by atoms with Crippen LogP contribution in [0.3, 0.4) is 0 Å². The van der Waals surface area contributed by atoms with E-state index in [1.54, 1.807) is 12.1 Å². The summed E-state index contributed by atoms with van der Waals surface area (Å²) in [6, 6.07) is 7.52. The second kappa shape index (κ2) is 5.71. The molecule has 0 aliphatic heterocycles. The van der Waals surface area contributed by atoms with Crippen molar-refractivity contribution in [3.8, 4) is 5.75 Å². The van der Waals surface area contributed by atoms with Gasteiger partial charge in [0.05, 0.1) is 24.1 Å². The van der Waals surface area contributed by atoms with Crippen molar-refractivity contribution in [3.05, 3.63) is 50.7 Å². The molecule has 0 atom stereocenters. The molecule has 1 aromatic carbocycles. The fraction of sp³-hybridized carbons (Fsp3) is 0.154. The lowest BCUT2D eigenvalue weighted by Crippen LogP contribution is -2.02. The number of halogens is 2. The molecule has 0 saturated carbocycles. The van der Waals surface area contributed by atoms with Crippen LogP contribution in [0.2, 0.25) is 0 Å². The summed E-state index contributed by atoms with van der Waals surface area (Å²) in [6.07, 6.45) is 1.44. The Hall–Kier alpha value is -1.07. The number of aromatic nitrogens is 1. The van der Waals surface area contributed by atoms with Gasteiger partial charge in [-0.15, -0.1) is 0 Å². The molecule has 1 aromatic heterocycles. The highest BCUT2D eigenvalue weighted by Gasteiger charge is 2.06. The summed E-state index contributed by atoms with van der Waals surface area (Å²) in [4.78, 5) is 4.13. The van der Waals surface area contributed by atoms with Crippen LogP contribution in [-0.2, 0) is 6.54 Å². The summed E-state index contributed by atoms with van der Waals surface area (Å²) in [6.45, 7) is 2.64. The van der Waals surface area contributed by atoms with E-state index in [2.05, 4.69) is 54.3 Å². The predicted octanol–water partition coefficient (Wildman–Crippen LogP) is 4.23. The van der Waals surface area contributed by atoms with E-state index in [-0.39, 0.29) is 5.75 Å². The Balaban J connectivity index is 2.13. The zero-order valence-electron chi connectivity index (χ0n) is 9.74. The van der Waals surface area contributed by atoms with Gasteiger partial charge < -0.3 is 10.4 Å². The Morgan fingerprint density at radius 3 is 2.44 bits per heavy atom. The van der Waals surface area contributed by atoms with Gasteiger partial charge in [-0.3, -0.25) is 4.98 Å². The highest BCUT2D eigenvalue weighted by Crippen LogP contribution is 2.32. The van der Waals surface area contributed by atoms with Gasteiger partial charge in [-0.25, -0.2) is 0 Å². The monoisotopic (exact) mass is 370 g/mol. The fourth-order valence-electron chi connectivity index (χ4n) is 1.57. The molecule has 0 amide bonds. The van der Waals surface area contributed by atoms with Crippen molar-refractivity contribution in [2.75, 3.05) is 5.32 Å². The van der Waals surface area contributed by atoms with E-state index in [4.69, 9.17) is 5.11 Å². The zero-order chi connectivity index (χ0) is 13.1. The number of pyridine rings is 1. The van der Waals surface area contributed by atoms with Gasteiger partial charge >= 0.3 is 0 Å². The number of rotatable bonds is 3. The van der Waals surface area contributed by atoms with Crippen molar-refractivity contribution >= 4 is 37.5 Å². The maximum Gasteiger partial charge on any atom is 0.133 e. The van der Waals surface area contributed by atoms with Crippen molar-refractivity contribution in [1.29, 1.82) is 0 Å².